The van der Waals surface area contributed by atoms with Gasteiger partial charge in [0.1, 0.15) is 6.07 Å². The van der Waals surface area contributed by atoms with Crippen LogP contribution in [-0.4, -0.2) is 15.9 Å². The highest BCUT2D eigenvalue weighted by atomic mass is 19.2. The highest BCUT2D eigenvalue weighted by Crippen LogP contribution is 2.18. The van der Waals surface area contributed by atoms with E-state index in [9.17, 15) is 18.4 Å². The van der Waals surface area contributed by atoms with Crippen molar-refractivity contribution in [3.05, 3.63) is 75.3 Å². The van der Waals surface area contributed by atoms with E-state index in [2.05, 4.69) is 15.3 Å². The molecule has 0 fully saturated rings. The highest BCUT2D eigenvalue weighted by molar-refractivity contribution is 5.83. The number of hydrogen-bond donors (Lipinski definition) is 2. The standard InChI is InChI=1S/C19H14F2N4O2/c1-10(15-4-2-11(8-22)9-23-15)24-17(26)7-12-6-13-16(25-19(12)27)5-3-14(20)18(13)21/h2-6,9-10H,7H2,1H3,(H,24,26)(H,25,27)/t10-/m0/s1. The molecule has 2 N–H and O–H groups in total. The van der Waals surface area contributed by atoms with E-state index >= 15 is 0 Å². The van der Waals surface area contributed by atoms with E-state index in [1.165, 1.54) is 18.3 Å². The molecule has 0 saturated heterocycles. The SMILES string of the molecule is C[C@H](NC(=O)Cc1cc2c(F)c(F)ccc2[nH]c1=O)c1ccc(C#N)cn1. The van der Waals surface area contributed by atoms with Crippen molar-refractivity contribution in [2.45, 2.75) is 19.4 Å². The Kier molecular flexibility index (Phi) is 4.94. The van der Waals surface area contributed by atoms with Gasteiger partial charge in [0.15, 0.2) is 11.6 Å². The first-order valence-corrected chi connectivity index (χ1v) is 8.04. The number of amides is 1. The Balaban J connectivity index is 1.79. The number of nitrogens with one attached hydrogen (secondary N) is 2. The summed E-state index contributed by atoms with van der Waals surface area (Å²) in [4.78, 5) is 30.9. The van der Waals surface area contributed by atoms with Crippen LogP contribution in [0, 0.1) is 23.0 Å². The van der Waals surface area contributed by atoms with Gasteiger partial charge in [-0.1, -0.05) is 0 Å². The van der Waals surface area contributed by atoms with Crippen molar-refractivity contribution in [1.29, 1.82) is 5.26 Å². The maximum Gasteiger partial charge on any atom is 0.252 e. The van der Waals surface area contributed by atoms with Crippen molar-refractivity contribution in [3.63, 3.8) is 0 Å². The number of nitrogens with zero attached hydrogens (tertiary/aromatic N) is 2. The summed E-state index contributed by atoms with van der Waals surface area (Å²) in [7, 11) is 0. The topological polar surface area (TPSA) is 98.6 Å². The van der Waals surface area contributed by atoms with Crippen LogP contribution in [0.4, 0.5) is 8.78 Å². The average Bonchev–Trinajstić information content (AvgIpc) is 2.66. The molecule has 0 aliphatic heterocycles. The smallest absolute Gasteiger partial charge is 0.252 e. The molecule has 1 aromatic carbocycles. The molecule has 3 aromatic rings. The van der Waals surface area contributed by atoms with Crippen LogP contribution < -0.4 is 10.9 Å². The second-order valence-corrected chi connectivity index (χ2v) is 6.00. The van der Waals surface area contributed by atoms with Gasteiger partial charge in [0.05, 0.1) is 29.2 Å². The molecular formula is C19H14F2N4O2. The molecule has 3 rings (SSSR count). The normalized spacial score (nSPS) is 11.8. The van der Waals surface area contributed by atoms with Crippen LogP contribution in [0.15, 0.2) is 41.3 Å². The maximum atomic E-state index is 13.9. The van der Waals surface area contributed by atoms with Gasteiger partial charge in [0, 0.05) is 17.1 Å². The molecular weight excluding hydrogens is 354 g/mol. The molecule has 0 aliphatic carbocycles. The highest BCUT2D eigenvalue weighted by Gasteiger charge is 2.15. The fourth-order valence-corrected chi connectivity index (χ4v) is 2.66. The number of pyridine rings is 2. The summed E-state index contributed by atoms with van der Waals surface area (Å²) in [5.41, 5.74) is 0.563. The summed E-state index contributed by atoms with van der Waals surface area (Å²) < 4.78 is 27.3. The quantitative estimate of drug-likeness (QED) is 0.739. The summed E-state index contributed by atoms with van der Waals surface area (Å²) in [6, 6.07) is 8.05. The van der Waals surface area contributed by atoms with Gasteiger partial charge in [-0.25, -0.2) is 8.78 Å². The van der Waals surface area contributed by atoms with Crippen molar-refractivity contribution in [3.8, 4) is 6.07 Å². The van der Waals surface area contributed by atoms with Crippen LogP contribution >= 0.6 is 0 Å². The van der Waals surface area contributed by atoms with E-state index in [-0.39, 0.29) is 22.9 Å². The van der Waals surface area contributed by atoms with Crippen molar-refractivity contribution >= 4 is 16.8 Å². The average molecular weight is 368 g/mol. The fraction of sp³-hybridized carbons (Fsp3) is 0.158. The molecule has 2 aromatic heterocycles. The number of benzene rings is 1. The number of hydrogen-bond acceptors (Lipinski definition) is 4. The van der Waals surface area contributed by atoms with Gasteiger partial charge in [-0.15, -0.1) is 0 Å². The van der Waals surface area contributed by atoms with E-state index in [1.807, 2.05) is 6.07 Å². The number of H-pyrrole nitrogens is 1. The lowest BCUT2D eigenvalue weighted by Gasteiger charge is -2.13. The molecule has 0 spiro atoms. The summed E-state index contributed by atoms with van der Waals surface area (Å²) in [5, 5.41) is 11.4. The molecule has 27 heavy (non-hydrogen) atoms. The number of aromatic amines is 1. The van der Waals surface area contributed by atoms with E-state index in [4.69, 9.17) is 5.26 Å². The molecule has 6 nitrogen and oxygen atoms in total. The third kappa shape index (κ3) is 3.82. The zero-order valence-corrected chi connectivity index (χ0v) is 14.2. The van der Waals surface area contributed by atoms with Crippen LogP contribution in [0.2, 0.25) is 0 Å². The lowest BCUT2D eigenvalue weighted by atomic mass is 10.1. The monoisotopic (exact) mass is 368 g/mol. The lowest BCUT2D eigenvalue weighted by Crippen LogP contribution is -2.30. The Morgan fingerprint density at radius 1 is 1.33 bits per heavy atom. The second kappa shape index (κ2) is 7.33. The Morgan fingerprint density at radius 2 is 2.11 bits per heavy atom. The first-order chi connectivity index (χ1) is 12.9. The first-order valence-electron chi connectivity index (χ1n) is 8.04. The number of halogens is 2. The molecule has 1 amide bonds. The van der Waals surface area contributed by atoms with Crippen LogP contribution in [0.5, 0.6) is 0 Å². The van der Waals surface area contributed by atoms with Crippen LogP contribution in [0.1, 0.15) is 29.8 Å². The minimum Gasteiger partial charge on any atom is -0.348 e. The number of rotatable bonds is 4. The summed E-state index contributed by atoms with van der Waals surface area (Å²) in [6.07, 6.45) is 1.09. The predicted molar refractivity (Wildman–Crippen MR) is 93.7 cm³/mol. The maximum absolute atomic E-state index is 13.9. The lowest BCUT2D eigenvalue weighted by molar-refractivity contribution is -0.121. The predicted octanol–water partition coefficient (Wildman–Crippen LogP) is 2.49. The van der Waals surface area contributed by atoms with E-state index in [0.29, 0.717) is 11.3 Å². The summed E-state index contributed by atoms with van der Waals surface area (Å²) in [5.74, 6) is -2.60. The van der Waals surface area contributed by atoms with Crippen LogP contribution in [-0.2, 0) is 11.2 Å². The molecule has 0 saturated carbocycles. The number of carbonyl (C=O) groups excluding carboxylic acids is 1. The van der Waals surface area contributed by atoms with Gasteiger partial charge < -0.3 is 10.3 Å². The zero-order valence-electron chi connectivity index (χ0n) is 14.2. The molecule has 0 bridgehead atoms. The molecule has 0 aliphatic rings. The summed E-state index contributed by atoms with van der Waals surface area (Å²) >= 11 is 0. The van der Waals surface area contributed by atoms with Gasteiger partial charge in [0.25, 0.3) is 5.56 Å². The van der Waals surface area contributed by atoms with E-state index < -0.39 is 29.1 Å². The number of aromatic nitrogens is 2. The third-order valence-corrected chi connectivity index (χ3v) is 4.08. The number of carbonyl (C=O) groups is 1. The van der Waals surface area contributed by atoms with E-state index in [1.54, 1.807) is 19.1 Å². The van der Waals surface area contributed by atoms with Gasteiger partial charge in [-0.2, -0.15) is 5.26 Å². The Bertz CT molecular complexity index is 1120. The van der Waals surface area contributed by atoms with Crippen molar-refractivity contribution in [2.24, 2.45) is 0 Å². The minimum absolute atomic E-state index is 0.0180. The van der Waals surface area contributed by atoms with Crippen LogP contribution in [0.25, 0.3) is 10.9 Å². The Labute approximate surface area is 152 Å². The molecule has 2 heterocycles. The molecule has 0 unspecified atom stereocenters. The summed E-state index contributed by atoms with van der Waals surface area (Å²) in [6.45, 7) is 1.70. The number of nitriles is 1. The largest absolute Gasteiger partial charge is 0.348 e. The molecule has 1 atom stereocenters. The van der Waals surface area contributed by atoms with Crippen molar-refractivity contribution in [2.75, 3.05) is 0 Å². The van der Waals surface area contributed by atoms with Crippen molar-refractivity contribution < 1.29 is 13.6 Å². The fourth-order valence-electron chi connectivity index (χ4n) is 2.66. The van der Waals surface area contributed by atoms with Gasteiger partial charge in [0.2, 0.25) is 5.91 Å². The van der Waals surface area contributed by atoms with Gasteiger partial charge in [-0.3, -0.25) is 14.6 Å². The van der Waals surface area contributed by atoms with Gasteiger partial charge in [-0.05, 0) is 37.3 Å². The first kappa shape index (κ1) is 18.2. The second-order valence-electron chi connectivity index (χ2n) is 6.00. The van der Waals surface area contributed by atoms with Crippen LogP contribution in [0.3, 0.4) is 0 Å². The zero-order chi connectivity index (χ0) is 19.6. The Morgan fingerprint density at radius 3 is 2.78 bits per heavy atom. The van der Waals surface area contributed by atoms with E-state index in [0.717, 1.165) is 6.07 Å². The number of fused-ring (bicyclic) bond motifs is 1. The molecule has 136 valence electrons. The third-order valence-electron chi connectivity index (χ3n) is 4.08. The molecule has 0 radical (unpaired) electrons. The Hall–Kier alpha value is -3.60. The van der Waals surface area contributed by atoms with Crippen molar-refractivity contribution in [1.82, 2.24) is 15.3 Å². The molecule has 8 heteroatoms. The van der Waals surface area contributed by atoms with Gasteiger partial charge >= 0.3 is 0 Å². The minimum atomic E-state index is -1.08.